The molecule has 110 valence electrons. The van der Waals surface area contributed by atoms with Crippen molar-refractivity contribution in [2.24, 2.45) is 5.92 Å². The molecule has 0 aliphatic carbocycles. The summed E-state index contributed by atoms with van der Waals surface area (Å²) in [6, 6.07) is 0. The number of morpholine rings is 1. The van der Waals surface area contributed by atoms with Crippen molar-refractivity contribution in [2.45, 2.75) is 12.8 Å². The summed E-state index contributed by atoms with van der Waals surface area (Å²) in [5.41, 5.74) is 0. The predicted molar refractivity (Wildman–Crippen MR) is 69.7 cm³/mol. The zero-order valence-corrected chi connectivity index (χ0v) is 12.0. The van der Waals surface area contributed by atoms with Gasteiger partial charge in [0.1, 0.15) is 0 Å². The van der Waals surface area contributed by atoms with Crippen molar-refractivity contribution in [1.29, 1.82) is 0 Å². The molecule has 0 spiro atoms. The minimum atomic E-state index is -3.36. The molecule has 1 N–H and O–H groups in total. The van der Waals surface area contributed by atoms with Gasteiger partial charge in [0.2, 0.25) is 5.91 Å². The molecule has 2 rings (SSSR count). The first kappa shape index (κ1) is 14.7. The second-order valence-corrected chi connectivity index (χ2v) is 6.69. The van der Waals surface area contributed by atoms with E-state index < -0.39 is 10.2 Å². The Kier molecular flexibility index (Phi) is 4.77. The zero-order chi connectivity index (χ0) is 13.9. The maximum absolute atomic E-state index is 12.3. The molecule has 1 amide bonds. The van der Waals surface area contributed by atoms with Gasteiger partial charge in [-0.2, -0.15) is 12.7 Å². The summed E-state index contributed by atoms with van der Waals surface area (Å²) in [5.74, 6) is 0.0891. The van der Waals surface area contributed by atoms with E-state index in [1.165, 1.54) is 11.4 Å². The Morgan fingerprint density at radius 1 is 1.16 bits per heavy atom. The van der Waals surface area contributed by atoms with Crippen LogP contribution in [-0.4, -0.2) is 70.0 Å². The second kappa shape index (κ2) is 6.17. The predicted octanol–water partition coefficient (Wildman–Crippen LogP) is -0.979. The molecule has 0 aromatic carbocycles. The third-order valence-corrected chi connectivity index (χ3v) is 5.28. The highest BCUT2D eigenvalue weighted by Gasteiger charge is 2.32. The lowest BCUT2D eigenvalue weighted by atomic mass is 9.96. The van der Waals surface area contributed by atoms with Gasteiger partial charge in [-0.05, 0) is 12.8 Å². The summed E-state index contributed by atoms with van der Waals surface area (Å²) in [5, 5.41) is 0. The minimum Gasteiger partial charge on any atom is -0.378 e. The van der Waals surface area contributed by atoms with Crippen molar-refractivity contribution >= 4 is 16.1 Å². The van der Waals surface area contributed by atoms with Gasteiger partial charge in [0, 0.05) is 39.1 Å². The van der Waals surface area contributed by atoms with Crippen LogP contribution in [0.2, 0.25) is 0 Å². The van der Waals surface area contributed by atoms with Crippen LogP contribution in [0.3, 0.4) is 0 Å². The number of ether oxygens (including phenoxy) is 1. The normalized spacial score (nSPS) is 23.5. The molecule has 0 unspecified atom stereocenters. The topological polar surface area (TPSA) is 79.0 Å². The maximum Gasteiger partial charge on any atom is 0.279 e. The molecule has 2 heterocycles. The van der Waals surface area contributed by atoms with Crippen LogP contribution in [-0.2, 0) is 19.7 Å². The fraction of sp³-hybridized carbons (Fsp3) is 0.909. The lowest BCUT2D eigenvalue weighted by molar-refractivity contribution is -0.140. The summed E-state index contributed by atoms with van der Waals surface area (Å²) in [4.78, 5) is 14.1. The van der Waals surface area contributed by atoms with Gasteiger partial charge in [-0.15, -0.1) is 0 Å². The van der Waals surface area contributed by atoms with Crippen LogP contribution in [0.5, 0.6) is 0 Å². The van der Waals surface area contributed by atoms with Crippen LogP contribution in [0.25, 0.3) is 0 Å². The standard InChI is InChI=1S/C11H21N3O4S/c1-12-19(16,17)14-4-2-10(3-5-14)11(15)13-6-8-18-9-7-13/h10,12H,2-9H2,1H3. The molecule has 8 heteroatoms. The molecular formula is C11H21N3O4S. The fourth-order valence-corrected chi connectivity index (χ4v) is 3.46. The van der Waals surface area contributed by atoms with E-state index in [4.69, 9.17) is 4.74 Å². The third kappa shape index (κ3) is 3.44. The lowest BCUT2D eigenvalue weighted by Gasteiger charge is -2.34. The largest absolute Gasteiger partial charge is 0.378 e. The van der Waals surface area contributed by atoms with Crippen LogP contribution in [0, 0.1) is 5.92 Å². The number of carbonyl (C=O) groups excluding carboxylic acids is 1. The molecule has 0 bridgehead atoms. The Labute approximate surface area is 114 Å². The molecule has 0 saturated carbocycles. The maximum atomic E-state index is 12.3. The quantitative estimate of drug-likeness (QED) is 0.725. The summed E-state index contributed by atoms with van der Waals surface area (Å²) >= 11 is 0. The summed E-state index contributed by atoms with van der Waals surface area (Å²) in [6.45, 7) is 3.30. The molecular weight excluding hydrogens is 270 g/mol. The van der Waals surface area contributed by atoms with Crippen molar-refractivity contribution in [3.63, 3.8) is 0 Å². The Bertz CT molecular complexity index is 412. The Morgan fingerprint density at radius 2 is 1.74 bits per heavy atom. The lowest BCUT2D eigenvalue weighted by Crippen LogP contribution is -2.49. The number of rotatable bonds is 3. The summed E-state index contributed by atoms with van der Waals surface area (Å²) in [7, 11) is -1.95. The Hall–Kier alpha value is -0.700. The third-order valence-electron chi connectivity index (χ3n) is 3.72. The molecule has 0 aromatic rings. The number of hydrogen-bond donors (Lipinski definition) is 1. The van der Waals surface area contributed by atoms with Crippen LogP contribution in [0.15, 0.2) is 0 Å². The highest BCUT2D eigenvalue weighted by atomic mass is 32.2. The highest BCUT2D eigenvalue weighted by molar-refractivity contribution is 7.87. The van der Waals surface area contributed by atoms with E-state index in [-0.39, 0.29) is 11.8 Å². The first-order valence-corrected chi connectivity index (χ1v) is 8.04. The first-order valence-electron chi connectivity index (χ1n) is 6.60. The van der Waals surface area contributed by atoms with Crippen molar-refractivity contribution < 1.29 is 17.9 Å². The Balaban J connectivity index is 1.87. The van der Waals surface area contributed by atoms with Crippen LogP contribution in [0.4, 0.5) is 0 Å². The van der Waals surface area contributed by atoms with Gasteiger partial charge in [0.15, 0.2) is 0 Å². The number of piperidine rings is 1. The highest BCUT2D eigenvalue weighted by Crippen LogP contribution is 2.21. The monoisotopic (exact) mass is 291 g/mol. The van der Waals surface area contributed by atoms with Gasteiger partial charge in [-0.1, -0.05) is 0 Å². The number of amides is 1. The molecule has 7 nitrogen and oxygen atoms in total. The van der Waals surface area contributed by atoms with E-state index in [2.05, 4.69) is 4.72 Å². The van der Waals surface area contributed by atoms with Crippen molar-refractivity contribution in [2.75, 3.05) is 46.4 Å². The van der Waals surface area contributed by atoms with Crippen LogP contribution in [0.1, 0.15) is 12.8 Å². The second-order valence-electron chi connectivity index (χ2n) is 4.82. The average molecular weight is 291 g/mol. The van der Waals surface area contributed by atoms with Gasteiger partial charge in [-0.25, -0.2) is 4.72 Å². The van der Waals surface area contributed by atoms with Crippen molar-refractivity contribution in [3.8, 4) is 0 Å². The molecule has 2 aliphatic heterocycles. The Morgan fingerprint density at radius 3 is 2.26 bits per heavy atom. The molecule has 0 aromatic heterocycles. The number of nitrogens with one attached hydrogen (secondary N) is 1. The van der Waals surface area contributed by atoms with Gasteiger partial charge in [-0.3, -0.25) is 4.79 Å². The first-order chi connectivity index (χ1) is 9.04. The van der Waals surface area contributed by atoms with E-state index in [0.717, 1.165) is 0 Å². The van der Waals surface area contributed by atoms with Crippen molar-refractivity contribution in [1.82, 2.24) is 13.9 Å². The van der Waals surface area contributed by atoms with E-state index in [9.17, 15) is 13.2 Å². The van der Waals surface area contributed by atoms with Gasteiger partial charge >= 0.3 is 0 Å². The van der Waals surface area contributed by atoms with E-state index in [1.54, 1.807) is 0 Å². The molecule has 2 fully saturated rings. The van der Waals surface area contributed by atoms with Gasteiger partial charge in [0.05, 0.1) is 13.2 Å². The van der Waals surface area contributed by atoms with Crippen molar-refractivity contribution in [3.05, 3.63) is 0 Å². The van der Waals surface area contributed by atoms with Crippen LogP contribution < -0.4 is 4.72 Å². The van der Waals surface area contributed by atoms with Crippen LogP contribution >= 0.6 is 0 Å². The van der Waals surface area contributed by atoms with E-state index in [0.29, 0.717) is 52.2 Å². The minimum absolute atomic E-state index is 0.0543. The zero-order valence-electron chi connectivity index (χ0n) is 11.2. The van der Waals surface area contributed by atoms with E-state index >= 15 is 0 Å². The summed E-state index contributed by atoms with van der Waals surface area (Å²) < 4.78 is 32.2. The molecule has 2 aliphatic rings. The summed E-state index contributed by atoms with van der Waals surface area (Å²) in [6.07, 6.45) is 1.19. The number of carbonyl (C=O) groups is 1. The molecule has 2 saturated heterocycles. The molecule has 19 heavy (non-hydrogen) atoms. The molecule has 0 radical (unpaired) electrons. The fourth-order valence-electron chi connectivity index (χ4n) is 2.51. The van der Waals surface area contributed by atoms with Gasteiger partial charge < -0.3 is 9.64 Å². The number of hydrogen-bond acceptors (Lipinski definition) is 4. The van der Waals surface area contributed by atoms with E-state index in [1.807, 2.05) is 4.90 Å². The van der Waals surface area contributed by atoms with Gasteiger partial charge in [0.25, 0.3) is 10.2 Å². The molecule has 0 atom stereocenters. The SMILES string of the molecule is CNS(=O)(=O)N1CCC(C(=O)N2CCOCC2)CC1. The number of nitrogens with zero attached hydrogens (tertiary/aromatic N) is 2. The average Bonchev–Trinajstić information content (AvgIpc) is 2.47. The smallest absolute Gasteiger partial charge is 0.279 e.